The summed E-state index contributed by atoms with van der Waals surface area (Å²) >= 11 is 1.54. The van der Waals surface area contributed by atoms with Gasteiger partial charge in [0.1, 0.15) is 23.0 Å². The van der Waals surface area contributed by atoms with Crippen molar-refractivity contribution in [3.8, 4) is 5.75 Å². The second-order valence-electron chi connectivity index (χ2n) is 6.58. The lowest BCUT2D eigenvalue weighted by Crippen LogP contribution is -2.18. The summed E-state index contributed by atoms with van der Waals surface area (Å²) in [6.07, 6.45) is 2.98. The summed E-state index contributed by atoms with van der Waals surface area (Å²) in [7, 11) is 0. The molecule has 2 aromatic heterocycles. The molecule has 1 aliphatic carbocycles. The van der Waals surface area contributed by atoms with E-state index in [1.54, 1.807) is 24.3 Å². The topological polar surface area (TPSA) is 98.3 Å². The Hall–Kier alpha value is -3.00. The highest BCUT2D eigenvalue weighted by Gasteiger charge is 2.21. The number of aryl methyl sites for hydroxylation is 2. The fraction of sp³-hybridized carbons (Fsp3) is 0.300. The molecule has 144 valence electrons. The molecule has 2 heterocycles. The van der Waals surface area contributed by atoms with E-state index in [1.165, 1.54) is 23.1 Å². The highest BCUT2D eigenvalue weighted by molar-refractivity contribution is 7.18. The fourth-order valence-corrected chi connectivity index (χ4v) is 4.51. The predicted octanol–water partition coefficient (Wildman–Crippen LogP) is 2.80. The average Bonchev–Trinajstić information content (AvgIpc) is 3.25. The molecule has 1 N–H and O–H groups in total. The number of thiophene rings is 1. The van der Waals surface area contributed by atoms with Crippen LogP contribution in [0.4, 0.5) is 0 Å². The number of nitrogens with zero attached hydrogens (tertiary/aromatic N) is 1. The van der Waals surface area contributed by atoms with Gasteiger partial charge in [-0.1, -0.05) is 0 Å². The van der Waals surface area contributed by atoms with Crippen molar-refractivity contribution in [2.24, 2.45) is 0 Å². The van der Waals surface area contributed by atoms with Crippen molar-refractivity contribution in [2.75, 3.05) is 6.61 Å². The summed E-state index contributed by atoms with van der Waals surface area (Å²) in [5.41, 5.74) is 1.50. The van der Waals surface area contributed by atoms with Crippen LogP contribution in [0.2, 0.25) is 0 Å². The van der Waals surface area contributed by atoms with Gasteiger partial charge in [-0.2, -0.15) is 0 Å². The number of nitrogens with one attached hydrogen (secondary N) is 1. The molecule has 0 spiro atoms. The van der Waals surface area contributed by atoms with Crippen LogP contribution in [-0.4, -0.2) is 28.3 Å². The van der Waals surface area contributed by atoms with E-state index in [0.717, 1.165) is 24.8 Å². The second kappa shape index (κ2) is 7.55. The SMILES string of the molecule is CC(=O)c1ccc(OCC(=O)OCc2nc3sc4c(c3c(=O)[nH]2)CCC4)cc1. The summed E-state index contributed by atoms with van der Waals surface area (Å²) in [6.45, 7) is 1.07. The molecular formula is C20H18N2O5S. The number of aromatic amines is 1. The van der Waals surface area contributed by atoms with Crippen LogP contribution < -0.4 is 10.3 Å². The van der Waals surface area contributed by atoms with Crippen molar-refractivity contribution in [3.63, 3.8) is 0 Å². The van der Waals surface area contributed by atoms with Gasteiger partial charge < -0.3 is 14.5 Å². The maximum Gasteiger partial charge on any atom is 0.344 e. The fourth-order valence-electron chi connectivity index (χ4n) is 3.23. The summed E-state index contributed by atoms with van der Waals surface area (Å²) in [6, 6.07) is 6.50. The Labute approximate surface area is 164 Å². The Morgan fingerprint density at radius 3 is 2.75 bits per heavy atom. The Morgan fingerprint density at radius 1 is 1.21 bits per heavy atom. The molecule has 0 aliphatic heterocycles. The lowest BCUT2D eigenvalue weighted by Gasteiger charge is -2.07. The van der Waals surface area contributed by atoms with E-state index in [2.05, 4.69) is 9.97 Å². The van der Waals surface area contributed by atoms with Crippen molar-refractivity contribution in [1.82, 2.24) is 9.97 Å². The molecule has 0 bridgehead atoms. The molecule has 8 heteroatoms. The van der Waals surface area contributed by atoms with Gasteiger partial charge in [0.25, 0.3) is 5.56 Å². The van der Waals surface area contributed by atoms with Crippen molar-refractivity contribution >= 4 is 33.3 Å². The van der Waals surface area contributed by atoms with E-state index < -0.39 is 5.97 Å². The minimum atomic E-state index is -0.577. The lowest BCUT2D eigenvalue weighted by molar-refractivity contribution is -0.147. The normalized spacial score (nSPS) is 12.8. The minimum Gasteiger partial charge on any atom is -0.482 e. The van der Waals surface area contributed by atoms with Crippen LogP contribution in [0.5, 0.6) is 5.75 Å². The summed E-state index contributed by atoms with van der Waals surface area (Å²) < 4.78 is 10.5. The number of benzene rings is 1. The van der Waals surface area contributed by atoms with Gasteiger partial charge in [-0.15, -0.1) is 11.3 Å². The predicted molar refractivity (Wildman–Crippen MR) is 104 cm³/mol. The number of Topliss-reactive ketones (excluding diaryl/α,β-unsaturated/α-hetero) is 1. The van der Waals surface area contributed by atoms with Crippen molar-refractivity contribution < 1.29 is 19.1 Å². The number of hydrogen-bond donors (Lipinski definition) is 1. The first kappa shape index (κ1) is 18.4. The number of esters is 1. The number of ether oxygens (including phenoxy) is 2. The van der Waals surface area contributed by atoms with Gasteiger partial charge in [-0.25, -0.2) is 9.78 Å². The maximum absolute atomic E-state index is 12.4. The molecule has 0 amide bonds. The number of H-pyrrole nitrogens is 1. The number of carbonyl (C=O) groups is 2. The highest BCUT2D eigenvalue weighted by Crippen LogP contribution is 2.34. The van der Waals surface area contributed by atoms with E-state index in [0.29, 0.717) is 27.4 Å². The van der Waals surface area contributed by atoms with Crippen LogP contribution in [-0.2, 0) is 29.0 Å². The first-order valence-electron chi connectivity index (χ1n) is 8.94. The number of ketones is 1. The number of carbonyl (C=O) groups excluding carboxylic acids is 2. The van der Waals surface area contributed by atoms with E-state index in [1.807, 2.05) is 0 Å². The largest absolute Gasteiger partial charge is 0.482 e. The molecule has 4 rings (SSSR count). The molecule has 7 nitrogen and oxygen atoms in total. The molecule has 0 radical (unpaired) electrons. The van der Waals surface area contributed by atoms with Crippen molar-refractivity contribution in [3.05, 3.63) is 56.4 Å². The Kier molecular flexibility index (Phi) is 4.95. The van der Waals surface area contributed by atoms with E-state index >= 15 is 0 Å². The first-order valence-corrected chi connectivity index (χ1v) is 9.76. The second-order valence-corrected chi connectivity index (χ2v) is 7.66. The first-order chi connectivity index (χ1) is 13.5. The average molecular weight is 398 g/mol. The zero-order valence-electron chi connectivity index (χ0n) is 15.2. The van der Waals surface area contributed by atoms with E-state index in [-0.39, 0.29) is 24.6 Å². The zero-order valence-corrected chi connectivity index (χ0v) is 16.1. The highest BCUT2D eigenvalue weighted by atomic mass is 32.1. The Bertz CT molecular complexity index is 1110. The maximum atomic E-state index is 12.4. The van der Waals surface area contributed by atoms with E-state index in [9.17, 15) is 14.4 Å². The van der Waals surface area contributed by atoms with Crippen molar-refractivity contribution in [2.45, 2.75) is 32.8 Å². The van der Waals surface area contributed by atoms with Gasteiger partial charge in [-0.05, 0) is 56.0 Å². The third-order valence-electron chi connectivity index (χ3n) is 4.61. The molecule has 0 unspecified atom stereocenters. The summed E-state index contributed by atoms with van der Waals surface area (Å²) in [4.78, 5) is 44.6. The lowest BCUT2D eigenvalue weighted by atomic mass is 10.1. The summed E-state index contributed by atoms with van der Waals surface area (Å²) in [5.74, 6) is 0.159. The standard InChI is InChI=1S/C20H18N2O5S/c1-11(23)12-5-7-13(8-6-12)26-10-17(24)27-9-16-21-19(25)18-14-3-2-4-15(14)28-20(18)22-16/h5-8H,2-4,9-10H2,1H3,(H,21,22,25). The van der Waals surface area contributed by atoms with Crippen molar-refractivity contribution in [1.29, 1.82) is 0 Å². The smallest absolute Gasteiger partial charge is 0.344 e. The van der Waals surface area contributed by atoms with Gasteiger partial charge in [0.2, 0.25) is 0 Å². The number of aromatic nitrogens is 2. The molecule has 0 atom stereocenters. The van der Waals surface area contributed by atoms with Crippen LogP contribution >= 0.6 is 11.3 Å². The third-order valence-corrected chi connectivity index (χ3v) is 5.80. The Balaban J connectivity index is 1.35. The molecule has 0 saturated heterocycles. The minimum absolute atomic E-state index is 0.0413. The molecule has 0 saturated carbocycles. The van der Waals surface area contributed by atoms with E-state index in [4.69, 9.17) is 9.47 Å². The Morgan fingerprint density at radius 2 is 2.00 bits per heavy atom. The van der Waals surface area contributed by atoms with Crippen LogP contribution in [0, 0.1) is 0 Å². The molecule has 1 aliphatic rings. The molecule has 28 heavy (non-hydrogen) atoms. The van der Waals surface area contributed by atoms with Crippen LogP contribution in [0.1, 0.15) is 40.0 Å². The van der Waals surface area contributed by atoms with Crippen LogP contribution in [0.3, 0.4) is 0 Å². The number of hydrogen-bond acceptors (Lipinski definition) is 7. The number of fused-ring (bicyclic) bond motifs is 3. The van der Waals surface area contributed by atoms with Crippen LogP contribution in [0.25, 0.3) is 10.2 Å². The van der Waals surface area contributed by atoms with Gasteiger partial charge in [0.05, 0.1) is 5.39 Å². The number of rotatable bonds is 6. The molecule has 0 fully saturated rings. The van der Waals surface area contributed by atoms with Gasteiger partial charge in [0.15, 0.2) is 12.4 Å². The quantitative estimate of drug-likeness (QED) is 0.506. The molecular weight excluding hydrogens is 380 g/mol. The third kappa shape index (κ3) is 3.68. The summed E-state index contributed by atoms with van der Waals surface area (Å²) in [5, 5.41) is 0.671. The van der Waals surface area contributed by atoms with Gasteiger partial charge in [-0.3, -0.25) is 9.59 Å². The zero-order chi connectivity index (χ0) is 19.7. The van der Waals surface area contributed by atoms with Crippen LogP contribution in [0.15, 0.2) is 29.1 Å². The van der Waals surface area contributed by atoms with Gasteiger partial charge in [0, 0.05) is 10.4 Å². The molecule has 1 aromatic carbocycles. The monoisotopic (exact) mass is 398 g/mol. The molecule has 3 aromatic rings. The van der Waals surface area contributed by atoms with Gasteiger partial charge >= 0.3 is 5.97 Å².